The molecule has 1 aromatic rings. The van der Waals surface area contributed by atoms with Crippen LogP contribution < -0.4 is 0 Å². The van der Waals surface area contributed by atoms with Gasteiger partial charge in [-0.1, -0.05) is 29.8 Å². The third kappa shape index (κ3) is 2.62. The average Bonchev–Trinajstić information content (AvgIpc) is 2.17. The van der Waals surface area contributed by atoms with E-state index in [2.05, 4.69) is 20.9 Å². The highest BCUT2D eigenvalue weighted by atomic mass is 79.9. The molecule has 0 spiro atoms. The lowest BCUT2D eigenvalue weighted by atomic mass is 10.0. The van der Waals surface area contributed by atoms with Gasteiger partial charge in [-0.3, -0.25) is 9.78 Å². The molecule has 0 fully saturated rings. The molecular weight excluding hydrogens is 230 g/mol. The van der Waals surface area contributed by atoms with E-state index in [-0.39, 0.29) is 10.6 Å². The fourth-order valence-corrected chi connectivity index (χ4v) is 1.24. The van der Waals surface area contributed by atoms with Gasteiger partial charge in [0.2, 0.25) is 0 Å². The van der Waals surface area contributed by atoms with Crippen molar-refractivity contribution in [1.82, 2.24) is 4.98 Å². The van der Waals surface area contributed by atoms with Crippen LogP contribution in [0, 0.1) is 5.92 Å². The van der Waals surface area contributed by atoms with E-state index in [1.54, 1.807) is 24.5 Å². The average molecular weight is 242 g/mol. The molecule has 0 aromatic carbocycles. The smallest absolute Gasteiger partial charge is 0.176 e. The molecule has 0 saturated carbocycles. The Bertz CT molecular complexity index is 284. The summed E-state index contributed by atoms with van der Waals surface area (Å²) in [5.41, 5.74) is 0.713. The van der Waals surface area contributed by atoms with Crippen LogP contribution in [0.4, 0.5) is 0 Å². The number of carbonyl (C=O) groups is 1. The van der Waals surface area contributed by atoms with Crippen molar-refractivity contribution in [2.45, 2.75) is 18.7 Å². The van der Waals surface area contributed by atoms with E-state index in [4.69, 9.17) is 0 Å². The molecule has 1 aromatic heterocycles. The van der Waals surface area contributed by atoms with E-state index in [0.717, 1.165) is 0 Å². The lowest BCUT2D eigenvalue weighted by Gasteiger charge is -2.11. The summed E-state index contributed by atoms with van der Waals surface area (Å²) < 4.78 is 0. The van der Waals surface area contributed by atoms with E-state index in [9.17, 15) is 4.79 Å². The molecular formula is C10H12BrNO. The van der Waals surface area contributed by atoms with E-state index in [1.165, 1.54) is 0 Å². The number of hydrogen-bond acceptors (Lipinski definition) is 2. The minimum atomic E-state index is -0.102. The second-order valence-electron chi connectivity index (χ2n) is 3.25. The summed E-state index contributed by atoms with van der Waals surface area (Å²) in [5, 5.41) is 0. The molecule has 0 aliphatic carbocycles. The van der Waals surface area contributed by atoms with Crippen molar-refractivity contribution < 1.29 is 4.79 Å². The maximum atomic E-state index is 11.7. The molecule has 2 nitrogen and oxygen atoms in total. The van der Waals surface area contributed by atoms with Gasteiger partial charge in [-0.2, -0.15) is 0 Å². The van der Waals surface area contributed by atoms with Crippen molar-refractivity contribution in [3.05, 3.63) is 30.1 Å². The molecule has 0 aliphatic heterocycles. The lowest BCUT2D eigenvalue weighted by Crippen LogP contribution is -2.19. The molecule has 1 unspecified atom stereocenters. The minimum absolute atomic E-state index is 0.102. The first kappa shape index (κ1) is 10.4. The Hall–Kier alpha value is -0.700. The third-order valence-electron chi connectivity index (χ3n) is 1.80. The molecule has 0 aliphatic rings. The van der Waals surface area contributed by atoms with Crippen LogP contribution in [0.25, 0.3) is 0 Å². The fraction of sp³-hybridized carbons (Fsp3) is 0.400. The van der Waals surface area contributed by atoms with Crippen LogP contribution in [0.1, 0.15) is 24.2 Å². The number of nitrogens with zero attached hydrogens (tertiary/aromatic N) is 1. The zero-order valence-corrected chi connectivity index (χ0v) is 9.28. The molecule has 1 atom stereocenters. The molecule has 0 bridgehead atoms. The van der Waals surface area contributed by atoms with Gasteiger partial charge in [0.25, 0.3) is 0 Å². The SMILES string of the molecule is CC(C)C(Br)C(=O)c1ccncc1. The highest BCUT2D eigenvalue weighted by Gasteiger charge is 2.19. The maximum absolute atomic E-state index is 11.7. The normalized spacial score (nSPS) is 12.9. The van der Waals surface area contributed by atoms with Gasteiger partial charge in [-0.25, -0.2) is 0 Å². The molecule has 13 heavy (non-hydrogen) atoms. The van der Waals surface area contributed by atoms with Crippen molar-refractivity contribution >= 4 is 21.7 Å². The standard InChI is InChI=1S/C10H12BrNO/c1-7(2)9(11)10(13)8-3-5-12-6-4-8/h3-7,9H,1-2H3. The minimum Gasteiger partial charge on any atom is -0.293 e. The van der Waals surface area contributed by atoms with Gasteiger partial charge in [0.15, 0.2) is 5.78 Å². The Balaban J connectivity index is 2.80. The van der Waals surface area contributed by atoms with Crippen molar-refractivity contribution in [3.8, 4) is 0 Å². The summed E-state index contributed by atoms with van der Waals surface area (Å²) in [6.07, 6.45) is 3.26. The Morgan fingerprint density at radius 3 is 2.38 bits per heavy atom. The first-order valence-corrected chi connectivity index (χ1v) is 5.13. The van der Waals surface area contributed by atoms with Crippen LogP contribution in [0.3, 0.4) is 0 Å². The van der Waals surface area contributed by atoms with Gasteiger partial charge in [-0.15, -0.1) is 0 Å². The second-order valence-corrected chi connectivity index (χ2v) is 4.23. The number of alkyl halides is 1. The number of halogens is 1. The molecule has 0 amide bonds. The fourth-order valence-electron chi connectivity index (χ4n) is 0.978. The highest BCUT2D eigenvalue weighted by molar-refractivity contribution is 9.10. The van der Waals surface area contributed by atoms with Gasteiger partial charge in [-0.05, 0) is 18.1 Å². The zero-order valence-electron chi connectivity index (χ0n) is 7.70. The monoisotopic (exact) mass is 241 g/mol. The van der Waals surface area contributed by atoms with Crippen LogP contribution in [0.5, 0.6) is 0 Å². The molecule has 0 radical (unpaired) electrons. The van der Waals surface area contributed by atoms with E-state index >= 15 is 0 Å². The van der Waals surface area contributed by atoms with Gasteiger partial charge >= 0.3 is 0 Å². The molecule has 1 heterocycles. The number of pyridine rings is 1. The Kier molecular flexibility index (Phi) is 3.60. The number of hydrogen-bond donors (Lipinski definition) is 0. The van der Waals surface area contributed by atoms with Crippen molar-refractivity contribution in [3.63, 3.8) is 0 Å². The van der Waals surface area contributed by atoms with Crippen molar-refractivity contribution in [2.24, 2.45) is 5.92 Å². The predicted octanol–water partition coefficient (Wildman–Crippen LogP) is 2.68. The van der Waals surface area contributed by atoms with E-state index in [1.807, 2.05) is 13.8 Å². The highest BCUT2D eigenvalue weighted by Crippen LogP contribution is 2.17. The Labute approximate surface area is 86.5 Å². The summed E-state index contributed by atoms with van der Waals surface area (Å²) in [4.78, 5) is 15.5. The van der Waals surface area contributed by atoms with Gasteiger partial charge in [0, 0.05) is 18.0 Å². The number of aromatic nitrogens is 1. The number of Topliss-reactive ketones (excluding diaryl/α,β-unsaturated/α-hetero) is 1. The van der Waals surface area contributed by atoms with Crippen LogP contribution in [0.15, 0.2) is 24.5 Å². The molecule has 0 saturated heterocycles. The summed E-state index contributed by atoms with van der Waals surface area (Å²) >= 11 is 3.37. The summed E-state index contributed by atoms with van der Waals surface area (Å²) in [5.74, 6) is 0.429. The van der Waals surface area contributed by atoms with Gasteiger partial charge in [0.1, 0.15) is 0 Å². The molecule has 0 N–H and O–H groups in total. The number of carbonyl (C=O) groups excluding carboxylic acids is 1. The Morgan fingerprint density at radius 2 is 1.92 bits per heavy atom. The number of rotatable bonds is 3. The van der Waals surface area contributed by atoms with Gasteiger partial charge in [0.05, 0.1) is 4.83 Å². The topological polar surface area (TPSA) is 30.0 Å². The molecule has 1 rings (SSSR count). The van der Waals surface area contributed by atoms with Crippen molar-refractivity contribution in [2.75, 3.05) is 0 Å². The predicted molar refractivity (Wildman–Crippen MR) is 56.1 cm³/mol. The summed E-state index contributed by atoms with van der Waals surface area (Å²) in [6.45, 7) is 4.02. The first-order chi connectivity index (χ1) is 6.13. The lowest BCUT2D eigenvalue weighted by molar-refractivity contribution is 0.0978. The first-order valence-electron chi connectivity index (χ1n) is 4.21. The quantitative estimate of drug-likeness (QED) is 0.602. The number of ketones is 1. The zero-order chi connectivity index (χ0) is 9.84. The van der Waals surface area contributed by atoms with Crippen LogP contribution in [-0.4, -0.2) is 15.6 Å². The maximum Gasteiger partial charge on any atom is 0.176 e. The molecule has 3 heteroatoms. The third-order valence-corrected chi connectivity index (χ3v) is 3.27. The molecule has 70 valence electrons. The summed E-state index contributed by atoms with van der Waals surface area (Å²) in [7, 11) is 0. The summed E-state index contributed by atoms with van der Waals surface area (Å²) in [6, 6.07) is 3.47. The largest absolute Gasteiger partial charge is 0.293 e. The second kappa shape index (κ2) is 4.51. The van der Waals surface area contributed by atoms with E-state index in [0.29, 0.717) is 11.5 Å². The van der Waals surface area contributed by atoms with Gasteiger partial charge < -0.3 is 0 Å². The van der Waals surface area contributed by atoms with Crippen LogP contribution in [0.2, 0.25) is 0 Å². The van der Waals surface area contributed by atoms with Crippen LogP contribution in [-0.2, 0) is 0 Å². The van der Waals surface area contributed by atoms with Crippen LogP contribution >= 0.6 is 15.9 Å². The van der Waals surface area contributed by atoms with Crippen molar-refractivity contribution in [1.29, 1.82) is 0 Å². The Morgan fingerprint density at radius 1 is 1.38 bits per heavy atom. The van der Waals surface area contributed by atoms with E-state index < -0.39 is 0 Å².